The van der Waals surface area contributed by atoms with Gasteiger partial charge in [-0.15, -0.1) is 0 Å². The summed E-state index contributed by atoms with van der Waals surface area (Å²) in [6.07, 6.45) is 8.00. The van der Waals surface area contributed by atoms with Crippen LogP contribution in [-0.4, -0.2) is 28.4 Å². The zero-order chi connectivity index (χ0) is 13.7. The van der Waals surface area contributed by atoms with E-state index in [-0.39, 0.29) is 5.60 Å². The fraction of sp³-hybridized carbons (Fsp3) is 0.688. The van der Waals surface area contributed by atoms with Gasteiger partial charge >= 0.3 is 0 Å². The summed E-state index contributed by atoms with van der Waals surface area (Å²) >= 11 is 0. The summed E-state index contributed by atoms with van der Waals surface area (Å²) in [4.78, 5) is 4.02. The molecule has 1 N–H and O–H groups in total. The van der Waals surface area contributed by atoms with Gasteiger partial charge in [0, 0.05) is 25.4 Å². The van der Waals surface area contributed by atoms with Crippen molar-refractivity contribution in [3.05, 3.63) is 30.1 Å². The Morgan fingerprint density at radius 3 is 2.58 bits per heavy atom. The number of rotatable bonds is 5. The van der Waals surface area contributed by atoms with Gasteiger partial charge in [-0.2, -0.15) is 0 Å². The van der Waals surface area contributed by atoms with Crippen molar-refractivity contribution in [3.8, 4) is 0 Å². The molecule has 0 bridgehead atoms. The number of aromatic nitrogens is 1. The Morgan fingerprint density at radius 1 is 1.37 bits per heavy atom. The van der Waals surface area contributed by atoms with Crippen molar-refractivity contribution >= 4 is 0 Å². The van der Waals surface area contributed by atoms with Crippen LogP contribution in [0.3, 0.4) is 0 Å². The van der Waals surface area contributed by atoms with Gasteiger partial charge in [-0.1, -0.05) is 6.92 Å². The monoisotopic (exact) mass is 263 g/mol. The zero-order valence-corrected chi connectivity index (χ0v) is 12.0. The minimum atomic E-state index is -0.428. The maximum Gasteiger partial charge on any atom is 0.0943 e. The number of ether oxygens (including phenoxy) is 1. The predicted octanol–water partition coefficient (Wildman–Crippen LogP) is 2.97. The lowest BCUT2D eigenvalue weighted by Gasteiger charge is -2.42. The first-order valence-electron chi connectivity index (χ1n) is 7.37. The van der Waals surface area contributed by atoms with Crippen LogP contribution in [0.1, 0.15) is 45.1 Å². The van der Waals surface area contributed by atoms with E-state index in [2.05, 4.69) is 11.9 Å². The van der Waals surface area contributed by atoms with Gasteiger partial charge < -0.3 is 9.84 Å². The SMILES string of the molecule is CCOC1(C(O)Cc2ccncc2)CCC(C)CC1. The molecule has 106 valence electrons. The number of pyridine rings is 1. The number of hydrogen-bond donors (Lipinski definition) is 1. The van der Waals surface area contributed by atoms with Gasteiger partial charge in [-0.25, -0.2) is 0 Å². The molecule has 1 aromatic heterocycles. The normalized spacial score (nSPS) is 29.1. The summed E-state index contributed by atoms with van der Waals surface area (Å²) in [5.41, 5.74) is 0.782. The molecular formula is C16H25NO2. The molecule has 3 nitrogen and oxygen atoms in total. The van der Waals surface area contributed by atoms with Crippen LogP contribution in [-0.2, 0) is 11.2 Å². The fourth-order valence-corrected chi connectivity index (χ4v) is 3.04. The molecule has 19 heavy (non-hydrogen) atoms. The van der Waals surface area contributed by atoms with E-state index in [1.54, 1.807) is 12.4 Å². The first-order chi connectivity index (χ1) is 9.16. The van der Waals surface area contributed by atoms with Crippen LogP contribution in [0.4, 0.5) is 0 Å². The van der Waals surface area contributed by atoms with Gasteiger partial charge in [-0.05, 0) is 56.2 Å². The second-order valence-electron chi connectivity index (χ2n) is 5.76. The fourth-order valence-electron chi connectivity index (χ4n) is 3.04. The largest absolute Gasteiger partial charge is 0.390 e. The summed E-state index contributed by atoms with van der Waals surface area (Å²) in [6.45, 7) is 4.96. The van der Waals surface area contributed by atoms with Gasteiger partial charge in [0.15, 0.2) is 0 Å². The molecule has 0 amide bonds. The van der Waals surface area contributed by atoms with Crippen LogP contribution < -0.4 is 0 Å². The summed E-state index contributed by atoms with van der Waals surface area (Å²) in [5, 5.41) is 10.6. The highest BCUT2D eigenvalue weighted by Gasteiger charge is 2.41. The molecule has 0 aromatic carbocycles. The van der Waals surface area contributed by atoms with Crippen molar-refractivity contribution in [1.82, 2.24) is 4.98 Å². The van der Waals surface area contributed by atoms with Crippen LogP contribution in [0, 0.1) is 5.92 Å². The first-order valence-corrected chi connectivity index (χ1v) is 7.37. The third-order valence-electron chi connectivity index (χ3n) is 4.34. The van der Waals surface area contributed by atoms with Crippen molar-refractivity contribution in [2.75, 3.05) is 6.61 Å². The average molecular weight is 263 g/mol. The van der Waals surface area contributed by atoms with Gasteiger partial charge in [0.1, 0.15) is 0 Å². The summed E-state index contributed by atoms with van der Waals surface area (Å²) in [5.74, 6) is 0.752. The number of aliphatic hydroxyl groups is 1. The van der Waals surface area contributed by atoms with Crippen LogP contribution >= 0.6 is 0 Å². The van der Waals surface area contributed by atoms with Crippen molar-refractivity contribution < 1.29 is 9.84 Å². The Morgan fingerprint density at radius 2 is 2.00 bits per heavy atom. The van der Waals surface area contributed by atoms with Crippen molar-refractivity contribution in [2.45, 2.75) is 57.7 Å². The lowest BCUT2D eigenvalue weighted by Crippen LogP contribution is -2.48. The van der Waals surface area contributed by atoms with Crippen LogP contribution in [0.2, 0.25) is 0 Å². The van der Waals surface area contributed by atoms with Crippen LogP contribution in [0.15, 0.2) is 24.5 Å². The smallest absolute Gasteiger partial charge is 0.0943 e. The molecule has 0 radical (unpaired) electrons. The average Bonchev–Trinajstić information content (AvgIpc) is 2.43. The highest BCUT2D eigenvalue weighted by Crippen LogP contribution is 2.38. The quantitative estimate of drug-likeness (QED) is 0.888. The van der Waals surface area contributed by atoms with Crippen molar-refractivity contribution in [2.24, 2.45) is 5.92 Å². The Hall–Kier alpha value is -0.930. The maximum absolute atomic E-state index is 10.6. The summed E-state index contributed by atoms with van der Waals surface area (Å²) in [7, 11) is 0. The van der Waals surface area contributed by atoms with E-state index in [1.807, 2.05) is 19.1 Å². The van der Waals surface area contributed by atoms with E-state index < -0.39 is 6.10 Å². The molecule has 0 spiro atoms. The predicted molar refractivity (Wildman–Crippen MR) is 75.9 cm³/mol. The summed E-state index contributed by atoms with van der Waals surface area (Å²) < 4.78 is 5.99. The topological polar surface area (TPSA) is 42.4 Å². The van der Waals surface area contributed by atoms with E-state index in [0.29, 0.717) is 13.0 Å². The highest BCUT2D eigenvalue weighted by atomic mass is 16.5. The molecule has 1 saturated carbocycles. The van der Waals surface area contributed by atoms with Gasteiger partial charge in [-0.3, -0.25) is 4.98 Å². The molecule has 0 aliphatic heterocycles. The third kappa shape index (κ3) is 3.54. The molecule has 3 heteroatoms. The molecule has 1 aliphatic rings. The second kappa shape index (κ2) is 6.49. The molecule has 0 saturated heterocycles. The molecule has 1 unspecified atom stereocenters. The van der Waals surface area contributed by atoms with Crippen molar-refractivity contribution in [1.29, 1.82) is 0 Å². The van der Waals surface area contributed by atoms with Crippen LogP contribution in [0.5, 0.6) is 0 Å². The van der Waals surface area contributed by atoms with Crippen LogP contribution in [0.25, 0.3) is 0 Å². The maximum atomic E-state index is 10.6. The van der Waals surface area contributed by atoms with E-state index in [9.17, 15) is 5.11 Å². The summed E-state index contributed by atoms with van der Waals surface area (Å²) in [6, 6.07) is 3.93. The lowest BCUT2D eigenvalue weighted by atomic mass is 9.75. The molecule has 1 atom stereocenters. The first kappa shape index (κ1) is 14.5. The molecular weight excluding hydrogens is 238 g/mol. The second-order valence-corrected chi connectivity index (χ2v) is 5.76. The van der Waals surface area contributed by atoms with Gasteiger partial charge in [0.25, 0.3) is 0 Å². The van der Waals surface area contributed by atoms with E-state index in [0.717, 1.165) is 37.2 Å². The van der Waals surface area contributed by atoms with E-state index >= 15 is 0 Å². The Balaban J connectivity index is 2.06. The third-order valence-corrected chi connectivity index (χ3v) is 4.34. The lowest BCUT2D eigenvalue weighted by molar-refractivity contribution is -0.143. The van der Waals surface area contributed by atoms with E-state index in [1.165, 1.54) is 0 Å². The Kier molecular flexibility index (Phi) is 4.94. The minimum Gasteiger partial charge on any atom is -0.390 e. The molecule has 1 heterocycles. The zero-order valence-electron chi connectivity index (χ0n) is 12.0. The minimum absolute atomic E-state index is 0.343. The molecule has 1 aromatic rings. The number of nitrogens with zero attached hydrogens (tertiary/aromatic N) is 1. The Labute approximate surface area is 116 Å². The molecule has 2 rings (SSSR count). The molecule has 1 aliphatic carbocycles. The standard InChI is InChI=1S/C16H25NO2/c1-3-19-16(8-4-13(2)5-9-16)15(18)12-14-6-10-17-11-7-14/h6-7,10-11,13,15,18H,3-5,8-9,12H2,1-2H3. The Bertz CT molecular complexity index is 372. The number of aliphatic hydroxyl groups excluding tert-OH is 1. The van der Waals surface area contributed by atoms with E-state index in [4.69, 9.17) is 4.74 Å². The van der Waals surface area contributed by atoms with Gasteiger partial charge in [0.05, 0.1) is 11.7 Å². The highest BCUT2D eigenvalue weighted by molar-refractivity contribution is 5.12. The number of hydrogen-bond acceptors (Lipinski definition) is 3. The molecule has 1 fully saturated rings. The van der Waals surface area contributed by atoms with Crippen molar-refractivity contribution in [3.63, 3.8) is 0 Å². The van der Waals surface area contributed by atoms with Gasteiger partial charge in [0.2, 0.25) is 0 Å².